The van der Waals surface area contributed by atoms with Crippen LogP contribution in [0.5, 0.6) is 0 Å². The fraction of sp³-hybridized carbons (Fsp3) is 0.714. The molecule has 0 radical (unpaired) electrons. The summed E-state index contributed by atoms with van der Waals surface area (Å²) in [5.41, 5.74) is 0. The maximum atomic E-state index is 8.37. The topological polar surface area (TPSA) is 20.2 Å². The minimum absolute atomic E-state index is 0.153. The first-order valence-electron chi connectivity index (χ1n) is 3.12. The Morgan fingerprint density at radius 2 is 1.78 bits per heavy atom. The summed E-state index contributed by atoms with van der Waals surface area (Å²) in [6, 6.07) is 0. The molecule has 0 saturated heterocycles. The predicted molar refractivity (Wildman–Crippen MR) is 39.1 cm³/mol. The van der Waals surface area contributed by atoms with E-state index in [2.05, 4.69) is 21.1 Å². The molecule has 0 aromatic heterocycles. The third-order valence-corrected chi connectivity index (χ3v) is 0.925. The first-order valence-corrected chi connectivity index (χ1v) is 3.12. The molecule has 54 valence electrons. The minimum atomic E-state index is 0.153. The molecule has 9 heavy (non-hydrogen) atoms. The van der Waals surface area contributed by atoms with E-state index in [9.17, 15) is 0 Å². The Labute approximate surface area is 57.0 Å². The largest absolute Gasteiger partial charge is 0.392 e. The lowest BCUT2D eigenvalue weighted by molar-refractivity contribution is -0.864. The van der Waals surface area contributed by atoms with Crippen LogP contribution in [0.4, 0.5) is 0 Å². The van der Waals surface area contributed by atoms with Gasteiger partial charge < -0.3 is 9.59 Å². The molecule has 0 saturated carbocycles. The monoisotopic (exact) mass is 130 g/mol. The standard InChI is InChI=1S/C7H16NO/c1-8(2,3)6-4-5-7-9/h4-5,9H,6-7H2,1-3H3/q+1/b5-4+. The summed E-state index contributed by atoms with van der Waals surface area (Å²) in [6.45, 7) is 1.13. The van der Waals surface area contributed by atoms with Crippen molar-refractivity contribution < 1.29 is 9.59 Å². The van der Waals surface area contributed by atoms with E-state index in [1.165, 1.54) is 0 Å². The lowest BCUT2D eigenvalue weighted by Gasteiger charge is -2.21. The second-order valence-electron chi connectivity index (χ2n) is 3.13. The summed E-state index contributed by atoms with van der Waals surface area (Å²) >= 11 is 0. The van der Waals surface area contributed by atoms with Gasteiger partial charge in [-0.05, 0) is 6.08 Å². The summed E-state index contributed by atoms with van der Waals surface area (Å²) in [5, 5.41) is 8.37. The summed E-state index contributed by atoms with van der Waals surface area (Å²) in [4.78, 5) is 0. The van der Waals surface area contributed by atoms with Gasteiger partial charge in [-0.25, -0.2) is 0 Å². The van der Waals surface area contributed by atoms with Crippen LogP contribution in [0.3, 0.4) is 0 Å². The van der Waals surface area contributed by atoms with Crippen LogP contribution < -0.4 is 0 Å². The first-order chi connectivity index (χ1) is 4.06. The summed E-state index contributed by atoms with van der Waals surface area (Å²) < 4.78 is 0.913. The Bertz CT molecular complexity index is 91.6. The van der Waals surface area contributed by atoms with Crippen LogP contribution >= 0.6 is 0 Å². The zero-order valence-corrected chi connectivity index (χ0v) is 6.46. The van der Waals surface area contributed by atoms with Crippen molar-refractivity contribution in [3.8, 4) is 0 Å². The number of nitrogens with zero attached hydrogens (tertiary/aromatic N) is 1. The van der Waals surface area contributed by atoms with Crippen molar-refractivity contribution in [2.75, 3.05) is 34.3 Å². The third kappa shape index (κ3) is 7.66. The lowest BCUT2D eigenvalue weighted by Crippen LogP contribution is -2.34. The summed E-state index contributed by atoms with van der Waals surface area (Å²) in [7, 11) is 6.34. The Balaban J connectivity index is 3.38. The Kier molecular flexibility index (Phi) is 3.50. The highest BCUT2D eigenvalue weighted by molar-refractivity contribution is 4.79. The second-order valence-corrected chi connectivity index (χ2v) is 3.13. The van der Waals surface area contributed by atoms with Crippen molar-refractivity contribution >= 4 is 0 Å². The lowest BCUT2D eigenvalue weighted by atomic mass is 10.4. The molecule has 0 atom stereocenters. The van der Waals surface area contributed by atoms with E-state index in [-0.39, 0.29) is 6.61 Å². The van der Waals surface area contributed by atoms with Gasteiger partial charge in [0.15, 0.2) is 0 Å². The van der Waals surface area contributed by atoms with Crippen LogP contribution in [0, 0.1) is 0 Å². The molecule has 2 heteroatoms. The van der Waals surface area contributed by atoms with Gasteiger partial charge in [0.1, 0.15) is 0 Å². The number of hydrogen-bond donors (Lipinski definition) is 1. The van der Waals surface area contributed by atoms with Crippen LogP contribution in [0.15, 0.2) is 12.2 Å². The fourth-order valence-electron chi connectivity index (χ4n) is 0.465. The summed E-state index contributed by atoms with van der Waals surface area (Å²) in [6.07, 6.45) is 3.75. The molecule has 0 rings (SSSR count). The maximum absolute atomic E-state index is 8.37. The van der Waals surface area contributed by atoms with Crippen molar-refractivity contribution in [2.24, 2.45) is 0 Å². The van der Waals surface area contributed by atoms with Crippen molar-refractivity contribution in [3.63, 3.8) is 0 Å². The van der Waals surface area contributed by atoms with Gasteiger partial charge in [0.2, 0.25) is 0 Å². The smallest absolute Gasteiger partial charge is 0.0968 e. The van der Waals surface area contributed by atoms with Gasteiger partial charge in [-0.1, -0.05) is 6.08 Å². The Morgan fingerprint density at radius 3 is 2.11 bits per heavy atom. The maximum Gasteiger partial charge on any atom is 0.0968 e. The summed E-state index contributed by atoms with van der Waals surface area (Å²) in [5.74, 6) is 0. The van der Waals surface area contributed by atoms with Crippen LogP contribution in [0.1, 0.15) is 0 Å². The normalized spacial score (nSPS) is 12.9. The molecular weight excluding hydrogens is 114 g/mol. The number of likely N-dealkylation sites (N-methyl/N-ethyl adjacent to an activating group) is 1. The zero-order valence-electron chi connectivity index (χ0n) is 6.46. The van der Waals surface area contributed by atoms with E-state index in [0.29, 0.717) is 0 Å². The number of hydrogen-bond acceptors (Lipinski definition) is 1. The van der Waals surface area contributed by atoms with Gasteiger partial charge in [-0.15, -0.1) is 0 Å². The average molecular weight is 130 g/mol. The van der Waals surface area contributed by atoms with E-state index in [1.807, 2.05) is 6.08 Å². The highest BCUT2D eigenvalue weighted by Gasteiger charge is 2.00. The van der Waals surface area contributed by atoms with Gasteiger partial charge in [0, 0.05) is 0 Å². The molecule has 0 heterocycles. The predicted octanol–water partition coefficient (Wildman–Crippen LogP) is 0.241. The molecule has 0 aliphatic carbocycles. The van der Waals surface area contributed by atoms with Crippen molar-refractivity contribution in [1.29, 1.82) is 0 Å². The average Bonchev–Trinajstić information content (AvgIpc) is 1.63. The Morgan fingerprint density at radius 1 is 1.22 bits per heavy atom. The fourth-order valence-corrected chi connectivity index (χ4v) is 0.465. The molecule has 2 nitrogen and oxygen atoms in total. The van der Waals surface area contributed by atoms with Gasteiger partial charge in [0.05, 0.1) is 34.3 Å². The van der Waals surface area contributed by atoms with Gasteiger partial charge >= 0.3 is 0 Å². The van der Waals surface area contributed by atoms with Crippen LogP contribution in [0.25, 0.3) is 0 Å². The zero-order chi connectivity index (χ0) is 7.33. The van der Waals surface area contributed by atoms with Crippen LogP contribution in [-0.4, -0.2) is 43.9 Å². The molecule has 0 aromatic rings. The quantitative estimate of drug-likeness (QED) is 0.428. The Hall–Kier alpha value is -0.340. The molecular formula is C7H16NO+. The minimum Gasteiger partial charge on any atom is -0.392 e. The molecule has 0 aliphatic rings. The number of quaternary nitrogens is 1. The first kappa shape index (κ1) is 8.66. The van der Waals surface area contributed by atoms with E-state index in [4.69, 9.17) is 5.11 Å². The van der Waals surface area contributed by atoms with E-state index >= 15 is 0 Å². The molecule has 0 fully saturated rings. The number of rotatable bonds is 3. The van der Waals surface area contributed by atoms with Gasteiger partial charge in [0.25, 0.3) is 0 Å². The van der Waals surface area contributed by atoms with Gasteiger partial charge in [-0.2, -0.15) is 0 Å². The number of aliphatic hydroxyl groups is 1. The van der Waals surface area contributed by atoms with E-state index < -0.39 is 0 Å². The van der Waals surface area contributed by atoms with E-state index in [0.717, 1.165) is 11.0 Å². The second kappa shape index (κ2) is 3.64. The number of aliphatic hydroxyl groups excluding tert-OH is 1. The molecule has 0 amide bonds. The van der Waals surface area contributed by atoms with Crippen LogP contribution in [-0.2, 0) is 0 Å². The highest BCUT2D eigenvalue weighted by Crippen LogP contribution is 1.88. The molecule has 0 bridgehead atoms. The van der Waals surface area contributed by atoms with Crippen molar-refractivity contribution in [2.45, 2.75) is 0 Å². The van der Waals surface area contributed by atoms with Crippen LogP contribution in [0.2, 0.25) is 0 Å². The SMILES string of the molecule is C[N+](C)(C)C/C=C/CO. The van der Waals surface area contributed by atoms with Crippen molar-refractivity contribution in [1.82, 2.24) is 0 Å². The molecule has 0 aliphatic heterocycles. The molecule has 0 spiro atoms. The van der Waals surface area contributed by atoms with Crippen molar-refractivity contribution in [3.05, 3.63) is 12.2 Å². The third-order valence-electron chi connectivity index (χ3n) is 0.925. The molecule has 1 N–H and O–H groups in total. The van der Waals surface area contributed by atoms with E-state index in [1.54, 1.807) is 6.08 Å². The molecule has 0 aromatic carbocycles. The molecule has 0 unspecified atom stereocenters. The highest BCUT2D eigenvalue weighted by atomic mass is 16.2. The van der Waals surface area contributed by atoms with Gasteiger partial charge in [-0.3, -0.25) is 0 Å².